The number of ether oxygens (including phenoxy) is 3. The van der Waals surface area contributed by atoms with Crippen molar-refractivity contribution in [2.45, 2.75) is 5.92 Å². The first-order chi connectivity index (χ1) is 14.0. The van der Waals surface area contributed by atoms with Gasteiger partial charge in [-0.05, 0) is 29.8 Å². The molecule has 3 rings (SSSR count). The van der Waals surface area contributed by atoms with Crippen LogP contribution in [0.5, 0.6) is 5.75 Å². The number of carbonyl (C=O) groups is 2. The van der Waals surface area contributed by atoms with Crippen molar-refractivity contribution in [1.82, 2.24) is 0 Å². The van der Waals surface area contributed by atoms with E-state index < -0.39 is 17.7 Å². The molecule has 1 atom stereocenters. The van der Waals surface area contributed by atoms with E-state index in [1.807, 2.05) is 6.07 Å². The highest BCUT2D eigenvalue weighted by atomic mass is 16.6. The van der Waals surface area contributed by atoms with Crippen LogP contribution in [0.25, 0.3) is 0 Å². The number of Topliss-reactive ketones (excluding diaryl/α,β-unsaturated/α-hetero) is 1. The molecule has 0 bridgehead atoms. The van der Waals surface area contributed by atoms with E-state index in [0.717, 1.165) is 0 Å². The van der Waals surface area contributed by atoms with Crippen LogP contribution in [0.2, 0.25) is 0 Å². The lowest BCUT2D eigenvalue weighted by molar-refractivity contribution is -0.139. The molecule has 2 aromatic carbocycles. The number of benzene rings is 2. The quantitative estimate of drug-likeness (QED) is 0.617. The molecule has 0 saturated heterocycles. The second-order valence-electron chi connectivity index (χ2n) is 6.13. The van der Waals surface area contributed by atoms with Gasteiger partial charge >= 0.3 is 5.97 Å². The predicted octanol–water partition coefficient (Wildman–Crippen LogP) is 2.81. The highest BCUT2D eigenvalue weighted by Crippen LogP contribution is 2.40. The van der Waals surface area contributed by atoms with Gasteiger partial charge in [0.2, 0.25) is 11.6 Å². The molecule has 2 aromatic rings. The smallest absolute Gasteiger partial charge is 0.374 e. The summed E-state index contributed by atoms with van der Waals surface area (Å²) in [5.41, 5.74) is 6.85. The van der Waals surface area contributed by atoms with Crippen molar-refractivity contribution in [2.75, 3.05) is 14.2 Å². The van der Waals surface area contributed by atoms with Crippen molar-refractivity contribution in [1.29, 1.82) is 5.26 Å². The van der Waals surface area contributed by atoms with Gasteiger partial charge in [0.15, 0.2) is 5.78 Å². The summed E-state index contributed by atoms with van der Waals surface area (Å²) in [5.74, 6) is -2.22. The summed E-state index contributed by atoms with van der Waals surface area (Å²) in [7, 11) is 2.69. The normalized spacial score (nSPS) is 16.0. The Morgan fingerprint density at radius 1 is 1.07 bits per heavy atom. The monoisotopic (exact) mass is 390 g/mol. The molecule has 0 aliphatic carbocycles. The minimum Gasteiger partial charge on any atom is -0.497 e. The molecule has 0 saturated carbocycles. The molecule has 0 amide bonds. The molecule has 1 aliphatic heterocycles. The number of hydrogen-bond acceptors (Lipinski definition) is 7. The maximum Gasteiger partial charge on any atom is 0.374 e. The SMILES string of the molecule is COC(=O)C1=C(C(=O)c2ccc(OC)cc2)[C@H](c2ccccc2)C(C#N)=C(N)O1. The van der Waals surface area contributed by atoms with E-state index in [-0.39, 0.29) is 22.8 Å². The Morgan fingerprint density at radius 3 is 2.28 bits per heavy atom. The zero-order valence-electron chi connectivity index (χ0n) is 15.8. The lowest BCUT2D eigenvalue weighted by atomic mass is 9.79. The van der Waals surface area contributed by atoms with E-state index >= 15 is 0 Å². The third-order valence-corrected chi connectivity index (χ3v) is 4.52. The highest BCUT2D eigenvalue weighted by Gasteiger charge is 2.39. The van der Waals surface area contributed by atoms with Gasteiger partial charge in [-0.3, -0.25) is 4.79 Å². The molecule has 0 radical (unpaired) electrons. The number of hydrogen-bond donors (Lipinski definition) is 1. The number of methoxy groups -OCH3 is 2. The van der Waals surface area contributed by atoms with Crippen LogP contribution in [0.15, 0.2) is 77.4 Å². The van der Waals surface area contributed by atoms with Crippen LogP contribution in [-0.2, 0) is 14.3 Å². The fraction of sp³-hybridized carbons (Fsp3) is 0.136. The van der Waals surface area contributed by atoms with Gasteiger partial charge in [-0.2, -0.15) is 5.26 Å². The molecule has 7 heteroatoms. The van der Waals surface area contributed by atoms with E-state index in [2.05, 4.69) is 0 Å². The second-order valence-corrected chi connectivity index (χ2v) is 6.13. The van der Waals surface area contributed by atoms with E-state index in [9.17, 15) is 14.9 Å². The number of rotatable bonds is 5. The number of nitriles is 1. The average Bonchev–Trinajstić information content (AvgIpc) is 2.77. The molecular formula is C22H18N2O5. The molecule has 7 nitrogen and oxygen atoms in total. The van der Waals surface area contributed by atoms with Crippen molar-refractivity contribution in [3.05, 3.63) is 88.5 Å². The summed E-state index contributed by atoms with van der Waals surface area (Å²) in [4.78, 5) is 25.8. The molecule has 29 heavy (non-hydrogen) atoms. The third kappa shape index (κ3) is 3.69. The Labute approximate surface area is 167 Å². The third-order valence-electron chi connectivity index (χ3n) is 4.52. The molecule has 0 fully saturated rings. The highest BCUT2D eigenvalue weighted by molar-refractivity contribution is 6.14. The molecule has 1 aliphatic rings. The van der Waals surface area contributed by atoms with Crippen molar-refractivity contribution in [3.63, 3.8) is 0 Å². The van der Waals surface area contributed by atoms with E-state index in [1.165, 1.54) is 14.2 Å². The van der Waals surface area contributed by atoms with Gasteiger partial charge < -0.3 is 19.9 Å². The van der Waals surface area contributed by atoms with Gasteiger partial charge in [0.1, 0.15) is 17.4 Å². The Kier molecular flexibility index (Phi) is 5.65. The Morgan fingerprint density at radius 2 is 1.72 bits per heavy atom. The van der Waals surface area contributed by atoms with E-state index in [0.29, 0.717) is 16.9 Å². The zero-order valence-corrected chi connectivity index (χ0v) is 15.8. The van der Waals surface area contributed by atoms with Crippen LogP contribution in [0, 0.1) is 11.3 Å². The minimum absolute atomic E-state index is 0.0148. The fourth-order valence-electron chi connectivity index (χ4n) is 3.11. The fourth-order valence-corrected chi connectivity index (χ4v) is 3.11. The number of esters is 1. The lowest BCUT2D eigenvalue weighted by Crippen LogP contribution is -2.28. The summed E-state index contributed by atoms with van der Waals surface area (Å²) >= 11 is 0. The van der Waals surface area contributed by atoms with Crippen molar-refractivity contribution in [3.8, 4) is 11.8 Å². The first-order valence-electron chi connectivity index (χ1n) is 8.65. The molecule has 1 heterocycles. The largest absolute Gasteiger partial charge is 0.497 e. The molecule has 0 spiro atoms. The number of nitrogens with two attached hydrogens (primary N) is 1. The van der Waals surface area contributed by atoms with Gasteiger partial charge in [0.25, 0.3) is 0 Å². The maximum absolute atomic E-state index is 13.4. The van der Waals surface area contributed by atoms with E-state index in [4.69, 9.17) is 19.9 Å². The van der Waals surface area contributed by atoms with Gasteiger partial charge in [0, 0.05) is 5.56 Å². The molecular weight excluding hydrogens is 372 g/mol. The van der Waals surface area contributed by atoms with Crippen molar-refractivity contribution < 1.29 is 23.8 Å². The molecule has 146 valence electrons. The predicted molar refractivity (Wildman–Crippen MR) is 103 cm³/mol. The summed E-state index contributed by atoms with van der Waals surface area (Å²) in [6, 6.07) is 17.2. The van der Waals surface area contributed by atoms with Gasteiger partial charge in [0.05, 0.1) is 25.7 Å². The van der Waals surface area contributed by atoms with Crippen LogP contribution in [-0.4, -0.2) is 26.0 Å². The van der Waals surface area contributed by atoms with Crippen LogP contribution in [0.4, 0.5) is 0 Å². The van der Waals surface area contributed by atoms with Gasteiger partial charge in [-0.15, -0.1) is 0 Å². The summed E-state index contributed by atoms with van der Waals surface area (Å²) < 4.78 is 15.3. The Balaban J connectivity index is 2.23. The van der Waals surface area contributed by atoms with Crippen LogP contribution in [0.1, 0.15) is 21.8 Å². The first kappa shape index (κ1) is 19.7. The minimum atomic E-state index is -0.876. The van der Waals surface area contributed by atoms with Crippen molar-refractivity contribution in [2.24, 2.45) is 5.73 Å². The van der Waals surface area contributed by atoms with Crippen LogP contribution >= 0.6 is 0 Å². The van der Waals surface area contributed by atoms with Crippen LogP contribution in [0.3, 0.4) is 0 Å². The molecule has 0 aromatic heterocycles. The van der Waals surface area contributed by atoms with E-state index in [1.54, 1.807) is 54.6 Å². The molecule has 2 N–H and O–H groups in total. The van der Waals surface area contributed by atoms with Gasteiger partial charge in [-0.1, -0.05) is 30.3 Å². The second kappa shape index (κ2) is 8.31. The topological polar surface area (TPSA) is 112 Å². The average molecular weight is 390 g/mol. The van der Waals surface area contributed by atoms with Crippen molar-refractivity contribution >= 4 is 11.8 Å². The molecule has 0 unspecified atom stereocenters. The summed E-state index contributed by atoms with van der Waals surface area (Å²) in [5, 5.41) is 9.68. The Bertz CT molecular complexity index is 1050. The first-order valence-corrected chi connectivity index (χ1v) is 8.65. The Hall–Kier alpha value is -4.05. The summed E-state index contributed by atoms with van der Waals surface area (Å²) in [6.07, 6.45) is 0. The standard InChI is InChI=1S/C22H18N2O5/c1-27-15-10-8-14(9-11-15)19(25)18-17(13-6-4-3-5-7-13)16(12-23)21(24)29-20(18)22(26)28-2/h3-11,17H,24H2,1-2H3/t17-/m1/s1. The van der Waals surface area contributed by atoms with Gasteiger partial charge in [-0.25, -0.2) is 4.79 Å². The lowest BCUT2D eigenvalue weighted by Gasteiger charge is -2.27. The summed E-state index contributed by atoms with van der Waals surface area (Å²) in [6.45, 7) is 0. The number of allylic oxidation sites excluding steroid dienone is 2. The van der Waals surface area contributed by atoms with Crippen LogP contribution < -0.4 is 10.5 Å². The number of ketones is 1. The maximum atomic E-state index is 13.4. The number of carbonyl (C=O) groups excluding carboxylic acids is 2. The number of nitrogens with zero attached hydrogens (tertiary/aromatic N) is 1. The zero-order chi connectivity index (χ0) is 21.0.